The molecule has 6 rings (SSSR count). The molecule has 7 heteroatoms. The highest BCUT2D eigenvalue weighted by Gasteiger charge is 2.48. The van der Waals surface area contributed by atoms with Gasteiger partial charge in [-0.2, -0.15) is 0 Å². The lowest BCUT2D eigenvalue weighted by Gasteiger charge is -2.36. The summed E-state index contributed by atoms with van der Waals surface area (Å²) in [6.07, 6.45) is 18.2. The molecule has 380 valence electrons. The van der Waals surface area contributed by atoms with E-state index >= 15 is 0 Å². The highest BCUT2D eigenvalue weighted by molar-refractivity contribution is 6.00. The molecule has 72 heavy (non-hydrogen) atoms. The number of carbonyl (C=O) groups is 3. The summed E-state index contributed by atoms with van der Waals surface area (Å²) in [4.78, 5) is 40.9. The third kappa shape index (κ3) is 18.1. The number of benzene rings is 6. The fraction of sp³-hybridized carbons (Fsp3) is 0.400. The molecule has 0 unspecified atom stereocenters. The predicted octanol–water partition coefficient (Wildman–Crippen LogP) is 16.0. The van der Waals surface area contributed by atoms with Gasteiger partial charge in [-0.25, -0.2) is 0 Å². The molecule has 0 aliphatic carbocycles. The van der Waals surface area contributed by atoms with Crippen LogP contribution in [0.25, 0.3) is 0 Å². The Labute approximate surface area is 430 Å². The van der Waals surface area contributed by atoms with Crippen molar-refractivity contribution in [2.75, 3.05) is 6.61 Å². The normalized spacial score (nSPS) is 11.5. The third-order valence-corrected chi connectivity index (χ3v) is 13.8. The van der Waals surface area contributed by atoms with Crippen molar-refractivity contribution in [2.24, 2.45) is 5.41 Å². The minimum atomic E-state index is -1.38. The molecule has 6 aromatic rings. The van der Waals surface area contributed by atoms with E-state index in [1.807, 2.05) is 91.0 Å². The fourth-order valence-electron chi connectivity index (χ4n) is 9.67. The molecular formula is C65H78O7. The molecular weight excluding hydrogens is 893 g/mol. The van der Waals surface area contributed by atoms with Gasteiger partial charge < -0.3 is 18.9 Å². The van der Waals surface area contributed by atoms with Gasteiger partial charge in [0.05, 0.1) is 0 Å². The van der Waals surface area contributed by atoms with Crippen molar-refractivity contribution >= 4 is 17.9 Å². The maximum Gasteiger partial charge on any atom is 0.323 e. The summed E-state index contributed by atoms with van der Waals surface area (Å²) >= 11 is 0. The number of rotatable bonds is 35. The van der Waals surface area contributed by atoms with E-state index in [-0.39, 0.29) is 19.2 Å². The van der Waals surface area contributed by atoms with Crippen molar-refractivity contribution in [3.05, 3.63) is 215 Å². The third-order valence-electron chi connectivity index (χ3n) is 13.8. The van der Waals surface area contributed by atoms with Gasteiger partial charge in [0.15, 0.2) is 5.41 Å². The zero-order valence-corrected chi connectivity index (χ0v) is 42.6. The molecule has 0 atom stereocenters. The van der Waals surface area contributed by atoms with Gasteiger partial charge in [0.25, 0.3) is 0 Å². The molecule has 0 saturated heterocycles. The fourth-order valence-corrected chi connectivity index (χ4v) is 9.67. The van der Waals surface area contributed by atoms with Gasteiger partial charge in [0.2, 0.25) is 0 Å². The van der Waals surface area contributed by atoms with Gasteiger partial charge in [-0.05, 0) is 59.1 Å². The largest absolute Gasteiger partial charge is 0.461 e. The van der Waals surface area contributed by atoms with Gasteiger partial charge in [0.1, 0.15) is 25.4 Å². The number of esters is 3. The monoisotopic (exact) mass is 971 g/mol. The van der Waals surface area contributed by atoms with Crippen molar-refractivity contribution in [3.8, 4) is 0 Å². The topological polar surface area (TPSA) is 88.1 Å². The van der Waals surface area contributed by atoms with Crippen LogP contribution >= 0.6 is 0 Å². The lowest BCUT2D eigenvalue weighted by molar-refractivity contribution is -0.176. The van der Waals surface area contributed by atoms with Gasteiger partial charge in [-0.15, -0.1) is 0 Å². The quantitative estimate of drug-likeness (QED) is 0.0129. The maximum atomic E-state index is 14.3. The van der Waals surface area contributed by atoms with Crippen molar-refractivity contribution in [3.63, 3.8) is 0 Å². The molecule has 0 saturated carbocycles. The first kappa shape index (κ1) is 55.0. The van der Waals surface area contributed by atoms with E-state index in [0.29, 0.717) is 32.5 Å². The Hall–Kier alpha value is -6.31. The van der Waals surface area contributed by atoms with E-state index in [1.54, 1.807) is 0 Å². The van der Waals surface area contributed by atoms with E-state index < -0.39 is 23.0 Å². The van der Waals surface area contributed by atoms with Crippen LogP contribution in [0.1, 0.15) is 162 Å². The second-order valence-electron chi connectivity index (χ2n) is 19.2. The van der Waals surface area contributed by atoms with Crippen molar-refractivity contribution in [1.82, 2.24) is 0 Å². The number of ether oxygens (including phenoxy) is 4. The molecule has 0 aliphatic heterocycles. The second-order valence-corrected chi connectivity index (χ2v) is 19.2. The lowest BCUT2D eigenvalue weighted by Crippen LogP contribution is -2.42. The van der Waals surface area contributed by atoms with Crippen LogP contribution in [-0.2, 0) is 58.8 Å². The van der Waals surface area contributed by atoms with E-state index in [4.69, 9.17) is 18.9 Å². The molecule has 0 spiro atoms. The summed E-state index contributed by atoms with van der Waals surface area (Å²) in [6, 6.07) is 60.8. The summed E-state index contributed by atoms with van der Waals surface area (Å²) < 4.78 is 24.4. The first-order valence-corrected chi connectivity index (χ1v) is 26.9. The average Bonchev–Trinajstić information content (AvgIpc) is 3.44. The number of hydrogen-bond donors (Lipinski definition) is 0. The van der Waals surface area contributed by atoms with Crippen LogP contribution in [-0.4, -0.2) is 24.5 Å². The van der Waals surface area contributed by atoms with Crippen LogP contribution in [0.5, 0.6) is 0 Å². The zero-order chi connectivity index (χ0) is 50.2. The van der Waals surface area contributed by atoms with Gasteiger partial charge in [0, 0.05) is 13.0 Å². The molecule has 0 fully saturated rings. The summed E-state index contributed by atoms with van der Waals surface area (Å²) in [7, 11) is 0. The van der Waals surface area contributed by atoms with E-state index in [2.05, 4.69) is 91.0 Å². The Bertz CT molecular complexity index is 2220. The SMILES string of the molecule is O=C(CCCCCCCCCCC(CCCCCCCCCCCOC(c1ccccc1)(c1ccccc1)c1ccccc1)(C(=O)OCc1ccccc1)C(=O)OCc1ccccc1)OCc1ccccc1. The van der Waals surface area contributed by atoms with E-state index in [1.165, 1.54) is 0 Å². The van der Waals surface area contributed by atoms with Gasteiger partial charge in [-0.1, -0.05) is 278 Å². The summed E-state index contributed by atoms with van der Waals surface area (Å²) in [5, 5.41) is 0. The molecule has 7 nitrogen and oxygen atoms in total. The number of hydrogen-bond acceptors (Lipinski definition) is 7. The highest BCUT2D eigenvalue weighted by Crippen LogP contribution is 2.41. The van der Waals surface area contributed by atoms with Crippen LogP contribution in [0.15, 0.2) is 182 Å². The molecule has 0 radical (unpaired) electrons. The summed E-state index contributed by atoms with van der Waals surface area (Å²) in [5.74, 6) is -1.11. The minimum Gasteiger partial charge on any atom is -0.461 e. The molecule has 0 aromatic heterocycles. The number of unbranched alkanes of at least 4 members (excludes halogenated alkanes) is 15. The van der Waals surface area contributed by atoms with Crippen LogP contribution < -0.4 is 0 Å². The standard InChI is InChI=1S/C65H78O7/c66-61(69-52-55-36-20-14-21-37-55)48-32-10-6-2-4-8-12-34-50-64(62(67)70-53-56-38-22-15-23-39-56,63(68)71-54-57-40-24-16-25-41-57)49-33-11-7-3-1-5-9-13-35-51-72-65(58-42-26-17-27-43-58,59-44-28-18-29-45-59)60-46-30-19-31-47-60/h14-31,36-47H,1-13,32-35,48-54H2. The molecule has 0 bridgehead atoms. The van der Waals surface area contributed by atoms with Gasteiger partial charge in [-0.3, -0.25) is 14.4 Å². The Morgan fingerprint density at radius 1 is 0.319 bits per heavy atom. The van der Waals surface area contributed by atoms with Crippen LogP contribution in [0.2, 0.25) is 0 Å². The smallest absolute Gasteiger partial charge is 0.323 e. The Balaban J connectivity index is 0.951. The summed E-state index contributed by atoms with van der Waals surface area (Å²) in [6.45, 7) is 1.19. The van der Waals surface area contributed by atoms with Crippen molar-refractivity contribution < 1.29 is 33.3 Å². The molecule has 6 aromatic carbocycles. The first-order chi connectivity index (χ1) is 35.5. The van der Waals surface area contributed by atoms with Crippen molar-refractivity contribution in [1.29, 1.82) is 0 Å². The van der Waals surface area contributed by atoms with E-state index in [9.17, 15) is 14.4 Å². The van der Waals surface area contributed by atoms with Gasteiger partial charge >= 0.3 is 17.9 Å². The van der Waals surface area contributed by atoms with E-state index in [0.717, 1.165) is 143 Å². The Kier molecular flexibility index (Phi) is 24.4. The summed E-state index contributed by atoms with van der Waals surface area (Å²) in [5.41, 5.74) is 4.07. The van der Waals surface area contributed by atoms with Crippen LogP contribution in [0.4, 0.5) is 0 Å². The first-order valence-electron chi connectivity index (χ1n) is 26.9. The lowest BCUT2D eigenvalue weighted by atomic mass is 9.77. The maximum absolute atomic E-state index is 14.3. The minimum absolute atomic E-state index is 0.109. The number of carbonyl (C=O) groups excluding carboxylic acids is 3. The molecule has 0 heterocycles. The zero-order valence-electron chi connectivity index (χ0n) is 42.6. The molecule has 0 amide bonds. The van der Waals surface area contributed by atoms with Crippen molar-refractivity contribution in [2.45, 2.75) is 154 Å². The Morgan fingerprint density at radius 3 is 0.972 bits per heavy atom. The second kappa shape index (κ2) is 31.9. The Morgan fingerprint density at radius 2 is 0.611 bits per heavy atom. The highest BCUT2D eigenvalue weighted by atomic mass is 16.6. The average molecular weight is 971 g/mol. The van der Waals surface area contributed by atoms with Crippen LogP contribution in [0.3, 0.4) is 0 Å². The predicted molar refractivity (Wildman–Crippen MR) is 289 cm³/mol. The molecule has 0 N–H and O–H groups in total. The van der Waals surface area contributed by atoms with Crippen LogP contribution in [0, 0.1) is 5.41 Å². The molecule has 0 aliphatic rings.